The number of hydrogen-bond donors (Lipinski definition) is 1. The summed E-state index contributed by atoms with van der Waals surface area (Å²) in [5, 5.41) is 3.51. The largest absolute Gasteiger partial charge is 0.317 e. The first-order valence-electron chi connectivity index (χ1n) is 7.26. The molecule has 0 amide bonds. The van der Waals surface area contributed by atoms with Crippen LogP contribution < -0.4 is 5.32 Å². The van der Waals surface area contributed by atoms with E-state index in [1.807, 2.05) is 0 Å². The smallest absolute Gasteiger partial charge is 0.0108 e. The van der Waals surface area contributed by atoms with Crippen LogP contribution >= 0.6 is 0 Å². The van der Waals surface area contributed by atoms with Gasteiger partial charge in [-0.3, -0.25) is 0 Å². The molecule has 96 valence electrons. The Kier molecular flexibility index (Phi) is 7.06. The summed E-state index contributed by atoms with van der Waals surface area (Å²) in [6.45, 7) is 12.0. The number of nitrogens with zero attached hydrogens (tertiary/aromatic N) is 1. The van der Waals surface area contributed by atoms with Gasteiger partial charge in [0.2, 0.25) is 0 Å². The van der Waals surface area contributed by atoms with Crippen molar-refractivity contribution in [3.8, 4) is 0 Å². The molecule has 1 unspecified atom stereocenters. The van der Waals surface area contributed by atoms with Gasteiger partial charge in [0.25, 0.3) is 0 Å². The molecule has 2 heteroatoms. The average Bonchev–Trinajstić information content (AvgIpc) is 2.60. The first-order chi connectivity index (χ1) is 7.81. The van der Waals surface area contributed by atoms with Gasteiger partial charge in [0.1, 0.15) is 0 Å². The Morgan fingerprint density at radius 3 is 2.50 bits per heavy atom. The van der Waals surface area contributed by atoms with Gasteiger partial charge in [-0.2, -0.15) is 0 Å². The fourth-order valence-electron chi connectivity index (χ4n) is 2.78. The van der Waals surface area contributed by atoms with Crippen LogP contribution in [0, 0.1) is 5.92 Å². The molecular formula is C14H30N2. The molecule has 0 aromatic rings. The van der Waals surface area contributed by atoms with Crippen molar-refractivity contribution in [2.24, 2.45) is 5.92 Å². The van der Waals surface area contributed by atoms with Crippen LogP contribution in [-0.2, 0) is 0 Å². The molecule has 1 aliphatic heterocycles. The van der Waals surface area contributed by atoms with Gasteiger partial charge in [0, 0.05) is 12.6 Å². The van der Waals surface area contributed by atoms with Gasteiger partial charge in [-0.1, -0.05) is 33.6 Å². The molecule has 0 aromatic carbocycles. The second-order valence-electron chi connectivity index (χ2n) is 5.10. The summed E-state index contributed by atoms with van der Waals surface area (Å²) in [4.78, 5) is 2.73. The molecule has 1 aliphatic rings. The SMILES string of the molecule is CCC(CC)CN(CC)C1CCCNCC1. The van der Waals surface area contributed by atoms with Crippen molar-refractivity contribution in [1.82, 2.24) is 10.2 Å². The lowest BCUT2D eigenvalue weighted by Gasteiger charge is -2.32. The predicted molar refractivity (Wildman–Crippen MR) is 71.8 cm³/mol. The maximum absolute atomic E-state index is 3.51. The Morgan fingerprint density at radius 1 is 1.12 bits per heavy atom. The third kappa shape index (κ3) is 4.42. The van der Waals surface area contributed by atoms with Gasteiger partial charge in [0.05, 0.1) is 0 Å². The molecule has 1 N–H and O–H groups in total. The molecule has 0 bridgehead atoms. The molecule has 1 rings (SSSR count). The minimum absolute atomic E-state index is 0.834. The van der Waals surface area contributed by atoms with Crippen molar-refractivity contribution in [3.63, 3.8) is 0 Å². The zero-order valence-corrected chi connectivity index (χ0v) is 11.5. The zero-order chi connectivity index (χ0) is 11.8. The van der Waals surface area contributed by atoms with Gasteiger partial charge in [-0.25, -0.2) is 0 Å². The minimum atomic E-state index is 0.834. The lowest BCUT2D eigenvalue weighted by molar-refractivity contribution is 0.158. The number of rotatable bonds is 6. The molecule has 2 nitrogen and oxygen atoms in total. The molecule has 1 heterocycles. The highest BCUT2D eigenvalue weighted by Gasteiger charge is 2.20. The van der Waals surface area contributed by atoms with Crippen molar-refractivity contribution in [3.05, 3.63) is 0 Å². The standard InChI is InChI=1S/C14H30N2/c1-4-13(5-2)12-16(6-3)14-8-7-10-15-11-9-14/h13-15H,4-12H2,1-3H3. The van der Waals surface area contributed by atoms with Gasteiger partial charge in [-0.05, 0) is 44.8 Å². The second-order valence-corrected chi connectivity index (χ2v) is 5.10. The fourth-order valence-corrected chi connectivity index (χ4v) is 2.78. The van der Waals surface area contributed by atoms with E-state index in [9.17, 15) is 0 Å². The molecule has 0 spiro atoms. The van der Waals surface area contributed by atoms with Gasteiger partial charge in [-0.15, -0.1) is 0 Å². The average molecular weight is 226 g/mol. The highest BCUT2D eigenvalue weighted by atomic mass is 15.2. The maximum atomic E-state index is 3.51. The highest BCUT2D eigenvalue weighted by Crippen LogP contribution is 2.17. The quantitative estimate of drug-likeness (QED) is 0.749. The van der Waals surface area contributed by atoms with Crippen LogP contribution in [0.25, 0.3) is 0 Å². The minimum Gasteiger partial charge on any atom is -0.317 e. The van der Waals surface area contributed by atoms with Crippen LogP contribution in [0.15, 0.2) is 0 Å². The van der Waals surface area contributed by atoms with Gasteiger partial charge >= 0.3 is 0 Å². The molecular weight excluding hydrogens is 196 g/mol. The van der Waals surface area contributed by atoms with E-state index in [1.54, 1.807) is 0 Å². The van der Waals surface area contributed by atoms with Crippen molar-refractivity contribution >= 4 is 0 Å². The normalized spacial score (nSPS) is 22.7. The Bertz CT molecular complexity index is 158. The van der Waals surface area contributed by atoms with Crippen LogP contribution in [0.4, 0.5) is 0 Å². The monoisotopic (exact) mass is 226 g/mol. The van der Waals surface area contributed by atoms with Gasteiger partial charge in [0.15, 0.2) is 0 Å². The first-order valence-corrected chi connectivity index (χ1v) is 7.26. The Labute approximate surface area is 102 Å². The molecule has 1 atom stereocenters. The summed E-state index contributed by atoms with van der Waals surface area (Å²) in [5.41, 5.74) is 0. The lowest BCUT2D eigenvalue weighted by Crippen LogP contribution is -2.39. The molecule has 1 fully saturated rings. The molecule has 0 aliphatic carbocycles. The molecule has 16 heavy (non-hydrogen) atoms. The van der Waals surface area contributed by atoms with Gasteiger partial charge < -0.3 is 10.2 Å². The van der Waals surface area contributed by atoms with E-state index >= 15 is 0 Å². The van der Waals surface area contributed by atoms with E-state index in [2.05, 4.69) is 31.0 Å². The van der Waals surface area contributed by atoms with E-state index in [4.69, 9.17) is 0 Å². The van der Waals surface area contributed by atoms with E-state index in [1.165, 1.54) is 58.3 Å². The molecule has 0 radical (unpaired) electrons. The van der Waals surface area contributed by atoms with E-state index in [0.29, 0.717) is 0 Å². The van der Waals surface area contributed by atoms with Crippen LogP contribution in [0.1, 0.15) is 52.9 Å². The topological polar surface area (TPSA) is 15.3 Å². The van der Waals surface area contributed by atoms with Crippen molar-refractivity contribution < 1.29 is 0 Å². The zero-order valence-electron chi connectivity index (χ0n) is 11.5. The Balaban J connectivity index is 2.44. The third-order valence-corrected chi connectivity index (χ3v) is 4.12. The summed E-state index contributed by atoms with van der Waals surface area (Å²) in [5.74, 6) is 0.899. The van der Waals surface area contributed by atoms with Crippen molar-refractivity contribution in [1.29, 1.82) is 0 Å². The molecule has 1 saturated heterocycles. The second kappa shape index (κ2) is 8.08. The van der Waals surface area contributed by atoms with Crippen LogP contribution in [-0.4, -0.2) is 37.1 Å². The highest BCUT2D eigenvalue weighted by molar-refractivity contribution is 4.77. The number of hydrogen-bond acceptors (Lipinski definition) is 2. The van der Waals surface area contributed by atoms with Crippen LogP contribution in [0.5, 0.6) is 0 Å². The Hall–Kier alpha value is -0.0800. The van der Waals surface area contributed by atoms with Crippen molar-refractivity contribution in [2.45, 2.75) is 58.9 Å². The molecule has 0 aromatic heterocycles. The van der Waals surface area contributed by atoms with Crippen LogP contribution in [0.3, 0.4) is 0 Å². The summed E-state index contributed by atoms with van der Waals surface area (Å²) >= 11 is 0. The fraction of sp³-hybridized carbons (Fsp3) is 1.00. The first kappa shape index (κ1) is 14.0. The van der Waals surface area contributed by atoms with E-state index < -0.39 is 0 Å². The summed E-state index contributed by atoms with van der Waals surface area (Å²) in [7, 11) is 0. The maximum Gasteiger partial charge on any atom is 0.0108 e. The van der Waals surface area contributed by atoms with E-state index in [-0.39, 0.29) is 0 Å². The predicted octanol–water partition coefficient (Wildman–Crippen LogP) is 2.89. The van der Waals surface area contributed by atoms with Crippen LogP contribution in [0.2, 0.25) is 0 Å². The summed E-state index contributed by atoms with van der Waals surface area (Å²) in [6.07, 6.45) is 6.75. The molecule has 0 saturated carbocycles. The number of nitrogens with one attached hydrogen (secondary N) is 1. The lowest BCUT2D eigenvalue weighted by atomic mass is 10.00. The summed E-state index contributed by atoms with van der Waals surface area (Å²) in [6, 6.07) is 0.834. The Morgan fingerprint density at radius 2 is 1.88 bits per heavy atom. The third-order valence-electron chi connectivity index (χ3n) is 4.12. The summed E-state index contributed by atoms with van der Waals surface area (Å²) < 4.78 is 0. The van der Waals surface area contributed by atoms with E-state index in [0.717, 1.165) is 12.0 Å². The van der Waals surface area contributed by atoms with Crippen molar-refractivity contribution in [2.75, 3.05) is 26.2 Å².